The van der Waals surface area contributed by atoms with Crippen molar-refractivity contribution in [3.8, 4) is 5.95 Å². The Bertz CT molecular complexity index is 598. The highest BCUT2D eigenvalue weighted by atomic mass is 35.5. The van der Waals surface area contributed by atoms with Crippen molar-refractivity contribution in [3.05, 3.63) is 17.9 Å². The highest BCUT2D eigenvalue weighted by Gasteiger charge is 2.33. The second kappa shape index (κ2) is 5.90. The Balaban J connectivity index is 1.76. The molecule has 0 radical (unpaired) electrons. The first kappa shape index (κ1) is 14.2. The molecule has 0 bridgehead atoms. The van der Waals surface area contributed by atoms with E-state index in [-0.39, 0.29) is 17.3 Å². The van der Waals surface area contributed by atoms with Gasteiger partial charge in [-0.15, -0.1) is 0 Å². The summed E-state index contributed by atoms with van der Waals surface area (Å²) >= 11 is 5.92. The average Bonchev–Trinajstić information content (AvgIpc) is 3.17. The lowest BCUT2D eigenvalue weighted by molar-refractivity contribution is 0.142. The molecule has 2 N–H and O–H groups in total. The predicted octanol–water partition coefficient (Wildman–Crippen LogP) is 1.07. The van der Waals surface area contributed by atoms with Gasteiger partial charge in [-0.3, -0.25) is 0 Å². The first-order chi connectivity index (χ1) is 10.2. The molecule has 112 valence electrons. The average molecular weight is 310 g/mol. The van der Waals surface area contributed by atoms with Crippen LogP contribution < -0.4 is 5.32 Å². The second-order valence-corrected chi connectivity index (χ2v) is 5.62. The van der Waals surface area contributed by atoms with Crippen LogP contribution in [-0.2, 0) is 0 Å². The molecule has 9 heteroatoms. The summed E-state index contributed by atoms with van der Waals surface area (Å²) in [6, 6.07) is 0. The monoisotopic (exact) mass is 309 g/mol. The van der Waals surface area contributed by atoms with Crippen molar-refractivity contribution in [1.82, 2.24) is 29.7 Å². The minimum absolute atomic E-state index is 0.0856. The molecule has 0 aliphatic heterocycles. The molecule has 3 rings (SSSR count). The van der Waals surface area contributed by atoms with Gasteiger partial charge in [-0.1, -0.05) is 12.8 Å². The van der Waals surface area contributed by atoms with Crippen molar-refractivity contribution in [2.24, 2.45) is 5.41 Å². The SMILES string of the molecule is OCC1(CNc2nc(Cl)nc(-n3cncn3)n2)CCCC1. The van der Waals surface area contributed by atoms with Gasteiger partial charge >= 0.3 is 0 Å². The minimum atomic E-state index is -0.0907. The number of hydrogen-bond acceptors (Lipinski definition) is 7. The largest absolute Gasteiger partial charge is 0.396 e. The topological polar surface area (TPSA) is 102 Å². The fourth-order valence-electron chi connectivity index (χ4n) is 2.61. The number of aliphatic hydroxyl groups is 1. The molecule has 1 fully saturated rings. The van der Waals surface area contributed by atoms with E-state index in [1.54, 1.807) is 0 Å². The third-order valence-electron chi connectivity index (χ3n) is 3.84. The van der Waals surface area contributed by atoms with Crippen molar-refractivity contribution in [2.75, 3.05) is 18.5 Å². The molecule has 8 nitrogen and oxygen atoms in total. The van der Waals surface area contributed by atoms with Crippen LogP contribution in [0.1, 0.15) is 25.7 Å². The highest BCUT2D eigenvalue weighted by molar-refractivity contribution is 6.28. The maximum Gasteiger partial charge on any atom is 0.258 e. The summed E-state index contributed by atoms with van der Waals surface area (Å²) in [5.41, 5.74) is -0.0907. The fraction of sp³-hybridized carbons (Fsp3) is 0.583. The molecule has 1 aliphatic rings. The molecule has 0 saturated heterocycles. The third kappa shape index (κ3) is 3.11. The Hall–Kier alpha value is -1.80. The van der Waals surface area contributed by atoms with Gasteiger partial charge in [0.1, 0.15) is 12.7 Å². The smallest absolute Gasteiger partial charge is 0.258 e. The maximum atomic E-state index is 9.61. The molecule has 0 aromatic carbocycles. The van der Waals surface area contributed by atoms with Crippen molar-refractivity contribution >= 4 is 17.5 Å². The Morgan fingerprint density at radius 2 is 2.10 bits per heavy atom. The van der Waals surface area contributed by atoms with E-state index in [1.807, 2.05) is 0 Å². The first-order valence-corrected chi connectivity index (χ1v) is 7.20. The van der Waals surface area contributed by atoms with E-state index in [1.165, 1.54) is 17.3 Å². The number of anilines is 1. The molecular weight excluding hydrogens is 294 g/mol. The summed E-state index contributed by atoms with van der Waals surface area (Å²) in [6.45, 7) is 0.773. The number of hydrogen-bond donors (Lipinski definition) is 2. The lowest BCUT2D eigenvalue weighted by Gasteiger charge is -2.26. The number of aromatic nitrogens is 6. The van der Waals surface area contributed by atoms with E-state index in [2.05, 4.69) is 30.4 Å². The van der Waals surface area contributed by atoms with Gasteiger partial charge < -0.3 is 10.4 Å². The Labute approximate surface area is 126 Å². The van der Waals surface area contributed by atoms with Crippen molar-refractivity contribution < 1.29 is 5.11 Å². The normalized spacial score (nSPS) is 17.0. The molecule has 0 spiro atoms. The molecular formula is C12H16ClN7O. The Morgan fingerprint density at radius 1 is 1.29 bits per heavy atom. The van der Waals surface area contributed by atoms with Crippen molar-refractivity contribution in [1.29, 1.82) is 0 Å². The van der Waals surface area contributed by atoms with Crippen LogP contribution in [0, 0.1) is 5.41 Å². The summed E-state index contributed by atoms with van der Waals surface area (Å²) in [5.74, 6) is 0.680. The van der Waals surface area contributed by atoms with E-state index >= 15 is 0 Å². The van der Waals surface area contributed by atoms with Crippen molar-refractivity contribution in [2.45, 2.75) is 25.7 Å². The van der Waals surface area contributed by atoms with Gasteiger partial charge in [0.2, 0.25) is 11.2 Å². The van der Waals surface area contributed by atoms with Crippen LogP contribution in [0.5, 0.6) is 0 Å². The van der Waals surface area contributed by atoms with Crippen LogP contribution in [0.3, 0.4) is 0 Å². The summed E-state index contributed by atoms with van der Waals surface area (Å²) in [7, 11) is 0. The predicted molar refractivity (Wildman–Crippen MR) is 76.2 cm³/mol. The Kier molecular flexibility index (Phi) is 3.98. The number of halogens is 1. The van der Waals surface area contributed by atoms with Crippen LogP contribution >= 0.6 is 11.6 Å². The lowest BCUT2D eigenvalue weighted by atomic mass is 9.87. The van der Waals surface area contributed by atoms with Gasteiger partial charge in [0.05, 0.1) is 6.61 Å². The van der Waals surface area contributed by atoms with E-state index in [4.69, 9.17) is 11.6 Å². The molecule has 2 aromatic heterocycles. The summed E-state index contributed by atoms with van der Waals surface area (Å²) in [5, 5.41) is 16.8. The van der Waals surface area contributed by atoms with Gasteiger partial charge in [-0.05, 0) is 24.4 Å². The highest BCUT2D eigenvalue weighted by Crippen LogP contribution is 2.37. The summed E-state index contributed by atoms with van der Waals surface area (Å²) in [6.07, 6.45) is 7.18. The second-order valence-electron chi connectivity index (χ2n) is 5.29. The third-order valence-corrected chi connectivity index (χ3v) is 4.01. The number of nitrogens with zero attached hydrogens (tertiary/aromatic N) is 6. The van der Waals surface area contributed by atoms with Crippen LogP contribution in [0.15, 0.2) is 12.7 Å². The quantitative estimate of drug-likeness (QED) is 0.851. The van der Waals surface area contributed by atoms with Gasteiger partial charge in [0.25, 0.3) is 5.95 Å². The zero-order valence-electron chi connectivity index (χ0n) is 11.4. The molecule has 0 amide bonds. The van der Waals surface area contributed by atoms with E-state index in [0.29, 0.717) is 18.4 Å². The number of rotatable bonds is 5. The fourth-order valence-corrected chi connectivity index (χ4v) is 2.77. The molecule has 1 saturated carbocycles. The molecule has 1 aliphatic carbocycles. The van der Waals surface area contributed by atoms with E-state index in [9.17, 15) is 5.11 Å². The van der Waals surface area contributed by atoms with E-state index in [0.717, 1.165) is 25.7 Å². The van der Waals surface area contributed by atoms with Gasteiger partial charge in [-0.2, -0.15) is 24.7 Å². The van der Waals surface area contributed by atoms with Crippen LogP contribution in [0.2, 0.25) is 5.28 Å². The van der Waals surface area contributed by atoms with Gasteiger partial charge in [0, 0.05) is 12.0 Å². The lowest BCUT2D eigenvalue weighted by Crippen LogP contribution is -2.31. The van der Waals surface area contributed by atoms with Crippen LogP contribution in [-0.4, -0.2) is 48.0 Å². The van der Waals surface area contributed by atoms with Gasteiger partial charge in [-0.25, -0.2) is 4.98 Å². The maximum absolute atomic E-state index is 9.61. The molecule has 2 heterocycles. The molecule has 2 aromatic rings. The molecule has 0 unspecified atom stereocenters. The first-order valence-electron chi connectivity index (χ1n) is 6.82. The molecule has 21 heavy (non-hydrogen) atoms. The summed E-state index contributed by atoms with van der Waals surface area (Å²) < 4.78 is 1.41. The van der Waals surface area contributed by atoms with Crippen molar-refractivity contribution in [3.63, 3.8) is 0 Å². The standard InChI is InChI=1S/C12H16ClN7O/c13-9-17-10(15-5-12(6-21)3-1-2-4-12)19-11(18-9)20-8-14-7-16-20/h7-8,21H,1-6H2,(H,15,17,18,19). The zero-order valence-corrected chi connectivity index (χ0v) is 12.2. The number of nitrogens with one attached hydrogen (secondary N) is 1. The Morgan fingerprint density at radius 3 is 2.76 bits per heavy atom. The zero-order chi connectivity index (χ0) is 14.7. The van der Waals surface area contributed by atoms with Crippen LogP contribution in [0.4, 0.5) is 5.95 Å². The van der Waals surface area contributed by atoms with E-state index < -0.39 is 0 Å². The van der Waals surface area contributed by atoms with Gasteiger partial charge in [0.15, 0.2) is 0 Å². The number of aliphatic hydroxyl groups excluding tert-OH is 1. The molecule has 0 atom stereocenters. The summed E-state index contributed by atoms with van der Waals surface area (Å²) in [4.78, 5) is 16.2. The minimum Gasteiger partial charge on any atom is -0.396 e. The van der Waals surface area contributed by atoms with Crippen LogP contribution in [0.25, 0.3) is 5.95 Å².